The zero-order valence-electron chi connectivity index (χ0n) is 10.0. The summed E-state index contributed by atoms with van der Waals surface area (Å²) in [6, 6.07) is 0. The van der Waals surface area contributed by atoms with Crippen molar-refractivity contribution >= 4 is 11.6 Å². The monoisotopic (exact) mass is 252 g/mol. The smallest absolute Gasteiger partial charge is 0.306 e. The topological polar surface area (TPSA) is 90.1 Å². The van der Waals surface area contributed by atoms with Crippen molar-refractivity contribution in [3.63, 3.8) is 0 Å². The van der Waals surface area contributed by atoms with E-state index < -0.39 is 4.92 Å². The number of nitrogens with one attached hydrogen (secondary N) is 1. The van der Waals surface area contributed by atoms with Gasteiger partial charge in [-0.05, 0) is 18.8 Å². The van der Waals surface area contributed by atoms with Crippen molar-refractivity contribution in [2.45, 2.75) is 32.2 Å². The summed E-state index contributed by atoms with van der Waals surface area (Å²) < 4.78 is 1.42. The molecule has 0 saturated heterocycles. The van der Waals surface area contributed by atoms with E-state index in [2.05, 4.69) is 10.4 Å². The SMILES string of the molecule is O=C(CCn1cc([N+](=O)[O-])cn1)NCC1CCC1. The van der Waals surface area contributed by atoms with Crippen LogP contribution in [0.25, 0.3) is 0 Å². The first-order valence-electron chi connectivity index (χ1n) is 6.08. The van der Waals surface area contributed by atoms with Crippen LogP contribution in [-0.2, 0) is 11.3 Å². The van der Waals surface area contributed by atoms with Crippen molar-refractivity contribution < 1.29 is 9.72 Å². The maximum absolute atomic E-state index is 11.5. The lowest BCUT2D eigenvalue weighted by Crippen LogP contribution is -2.32. The van der Waals surface area contributed by atoms with Gasteiger partial charge < -0.3 is 5.32 Å². The minimum Gasteiger partial charge on any atom is -0.356 e. The van der Waals surface area contributed by atoms with Gasteiger partial charge in [0.2, 0.25) is 5.91 Å². The first kappa shape index (κ1) is 12.5. The Labute approximate surface area is 104 Å². The van der Waals surface area contributed by atoms with E-state index in [9.17, 15) is 14.9 Å². The van der Waals surface area contributed by atoms with Crippen LogP contribution in [0.1, 0.15) is 25.7 Å². The van der Waals surface area contributed by atoms with Crippen molar-refractivity contribution in [1.29, 1.82) is 0 Å². The van der Waals surface area contributed by atoms with Gasteiger partial charge in [-0.25, -0.2) is 0 Å². The molecule has 0 bridgehead atoms. The highest BCUT2D eigenvalue weighted by molar-refractivity contribution is 5.75. The third kappa shape index (κ3) is 3.28. The third-order valence-electron chi connectivity index (χ3n) is 3.21. The molecule has 2 rings (SSSR count). The lowest BCUT2D eigenvalue weighted by Gasteiger charge is -2.25. The van der Waals surface area contributed by atoms with Crippen LogP contribution in [0.15, 0.2) is 12.4 Å². The molecular formula is C11H16N4O3. The van der Waals surface area contributed by atoms with Crippen LogP contribution < -0.4 is 5.32 Å². The van der Waals surface area contributed by atoms with E-state index in [-0.39, 0.29) is 11.6 Å². The highest BCUT2D eigenvalue weighted by Gasteiger charge is 2.17. The number of hydrogen-bond acceptors (Lipinski definition) is 4. The van der Waals surface area contributed by atoms with Crippen LogP contribution >= 0.6 is 0 Å². The van der Waals surface area contributed by atoms with Crippen LogP contribution in [0.5, 0.6) is 0 Å². The predicted molar refractivity (Wildman–Crippen MR) is 63.8 cm³/mol. The Balaban J connectivity index is 1.69. The van der Waals surface area contributed by atoms with Gasteiger partial charge in [-0.2, -0.15) is 5.10 Å². The molecule has 18 heavy (non-hydrogen) atoms. The van der Waals surface area contributed by atoms with E-state index in [1.807, 2.05) is 0 Å². The Bertz CT molecular complexity index is 439. The highest BCUT2D eigenvalue weighted by atomic mass is 16.6. The Morgan fingerprint density at radius 1 is 1.61 bits per heavy atom. The summed E-state index contributed by atoms with van der Waals surface area (Å²) in [6.07, 6.45) is 6.48. The Hall–Kier alpha value is -1.92. The lowest BCUT2D eigenvalue weighted by atomic mass is 9.85. The summed E-state index contributed by atoms with van der Waals surface area (Å²) in [5, 5.41) is 17.1. The summed E-state index contributed by atoms with van der Waals surface area (Å²) in [7, 11) is 0. The average Bonchev–Trinajstić information content (AvgIpc) is 2.73. The Morgan fingerprint density at radius 3 is 2.94 bits per heavy atom. The third-order valence-corrected chi connectivity index (χ3v) is 3.21. The number of carbonyl (C=O) groups excluding carboxylic acids is 1. The molecule has 1 aromatic rings. The molecule has 1 aromatic heterocycles. The molecule has 1 amide bonds. The summed E-state index contributed by atoms with van der Waals surface area (Å²) in [5.74, 6) is 0.611. The maximum Gasteiger partial charge on any atom is 0.306 e. The molecule has 0 radical (unpaired) electrons. The largest absolute Gasteiger partial charge is 0.356 e. The van der Waals surface area contributed by atoms with Crippen molar-refractivity contribution in [2.75, 3.05) is 6.54 Å². The van der Waals surface area contributed by atoms with E-state index in [0.717, 1.165) is 6.54 Å². The molecule has 7 heteroatoms. The molecule has 7 nitrogen and oxygen atoms in total. The quantitative estimate of drug-likeness (QED) is 0.606. The molecule has 1 saturated carbocycles. The second-order valence-electron chi connectivity index (χ2n) is 4.57. The van der Waals surface area contributed by atoms with E-state index in [1.54, 1.807) is 0 Å². The number of rotatable bonds is 6. The molecular weight excluding hydrogens is 236 g/mol. The number of aryl methyl sites for hydroxylation is 1. The number of aromatic nitrogens is 2. The summed E-state index contributed by atoms with van der Waals surface area (Å²) in [6.45, 7) is 1.11. The molecule has 98 valence electrons. The van der Waals surface area contributed by atoms with Crippen LogP contribution in [0.3, 0.4) is 0 Å². The first-order valence-corrected chi connectivity index (χ1v) is 6.08. The van der Waals surface area contributed by atoms with Gasteiger partial charge in [0.15, 0.2) is 0 Å². The van der Waals surface area contributed by atoms with Gasteiger partial charge in [-0.1, -0.05) is 6.42 Å². The fourth-order valence-corrected chi connectivity index (χ4v) is 1.83. The zero-order valence-corrected chi connectivity index (χ0v) is 10.0. The van der Waals surface area contributed by atoms with Gasteiger partial charge in [-0.3, -0.25) is 19.6 Å². The molecule has 0 unspecified atom stereocenters. The molecule has 1 heterocycles. The number of amides is 1. The van der Waals surface area contributed by atoms with E-state index >= 15 is 0 Å². The molecule has 0 aliphatic heterocycles. The summed E-state index contributed by atoms with van der Waals surface area (Å²) in [4.78, 5) is 21.5. The van der Waals surface area contributed by atoms with Crippen molar-refractivity contribution in [3.05, 3.63) is 22.5 Å². The fourth-order valence-electron chi connectivity index (χ4n) is 1.83. The predicted octanol–water partition coefficient (Wildman–Crippen LogP) is 1.10. The van der Waals surface area contributed by atoms with Gasteiger partial charge >= 0.3 is 5.69 Å². The maximum atomic E-state index is 11.5. The average molecular weight is 252 g/mol. The standard InChI is InChI=1S/C11H16N4O3/c16-11(12-6-9-2-1-3-9)4-5-14-8-10(7-13-14)15(17)18/h7-9H,1-6H2,(H,12,16). The number of nitrogens with zero attached hydrogens (tertiary/aromatic N) is 3. The van der Waals surface area contributed by atoms with Gasteiger partial charge in [0.1, 0.15) is 12.4 Å². The molecule has 0 atom stereocenters. The Morgan fingerprint density at radius 2 is 2.39 bits per heavy atom. The minimum absolute atomic E-state index is 0.0277. The van der Waals surface area contributed by atoms with Crippen molar-refractivity contribution in [3.8, 4) is 0 Å². The fraction of sp³-hybridized carbons (Fsp3) is 0.636. The normalized spacial score (nSPS) is 15.1. The molecule has 0 spiro atoms. The van der Waals surface area contributed by atoms with E-state index in [1.165, 1.54) is 36.3 Å². The minimum atomic E-state index is -0.500. The molecule has 1 aliphatic carbocycles. The molecule has 0 aromatic carbocycles. The number of hydrogen-bond donors (Lipinski definition) is 1. The zero-order chi connectivity index (χ0) is 13.0. The van der Waals surface area contributed by atoms with Crippen LogP contribution in [0.4, 0.5) is 5.69 Å². The number of carbonyl (C=O) groups is 1. The van der Waals surface area contributed by atoms with E-state index in [0.29, 0.717) is 18.9 Å². The second kappa shape index (κ2) is 5.61. The number of nitro groups is 1. The molecule has 1 fully saturated rings. The Kier molecular flexibility index (Phi) is 3.91. The first-order chi connectivity index (χ1) is 8.65. The second-order valence-corrected chi connectivity index (χ2v) is 4.57. The summed E-state index contributed by atoms with van der Waals surface area (Å²) >= 11 is 0. The van der Waals surface area contributed by atoms with Gasteiger partial charge in [-0.15, -0.1) is 0 Å². The van der Waals surface area contributed by atoms with Crippen LogP contribution in [0, 0.1) is 16.0 Å². The highest BCUT2D eigenvalue weighted by Crippen LogP contribution is 2.25. The van der Waals surface area contributed by atoms with Gasteiger partial charge in [0.05, 0.1) is 4.92 Å². The van der Waals surface area contributed by atoms with E-state index in [4.69, 9.17) is 0 Å². The van der Waals surface area contributed by atoms with Gasteiger partial charge in [0, 0.05) is 19.5 Å². The summed E-state index contributed by atoms with van der Waals surface area (Å²) in [5.41, 5.74) is -0.0510. The van der Waals surface area contributed by atoms with Crippen molar-refractivity contribution in [2.24, 2.45) is 5.92 Å². The van der Waals surface area contributed by atoms with Gasteiger partial charge in [0.25, 0.3) is 0 Å². The van der Waals surface area contributed by atoms with Crippen LogP contribution in [0.2, 0.25) is 0 Å². The van der Waals surface area contributed by atoms with Crippen molar-refractivity contribution in [1.82, 2.24) is 15.1 Å². The lowest BCUT2D eigenvalue weighted by molar-refractivity contribution is -0.385. The van der Waals surface area contributed by atoms with Crippen LogP contribution in [-0.4, -0.2) is 27.2 Å². The molecule has 1 aliphatic rings. The molecule has 1 N–H and O–H groups in total.